The van der Waals surface area contributed by atoms with Gasteiger partial charge in [0.25, 0.3) is 0 Å². The van der Waals surface area contributed by atoms with Gasteiger partial charge in [-0.3, -0.25) is 0 Å². The summed E-state index contributed by atoms with van der Waals surface area (Å²) in [6, 6.07) is 5.69. The molecule has 0 spiro atoms. The summed E-state index contributed by atoms with van der Waals surface area (Å²) < 4.78 is 0. The van der Waals surface area contributed by atoms with Crippen LogP contribution in [0.1, 0.15) is 25.3 Å². The normalized spacial score (nSPS) is 20.0. The fourth-order valence-electron chi connectivity index (χ4n) is 1.92. The molecule has 0 radical (unpaired) electrons. The predicted octanol–water partition coefficient (Wildman–Crippen LogP) is 4.94. The summed E-state index contributed by atoms with van der Waals surface area (Å²) in [5.41, 5.74) is 1.44. The lowest BCUT2D eigenvalue weighted by atomic mass is 9.93. The van der Waals surface area contributed by atoms with Crippen molar-refractivity contribution in [1.29, 1.82) is 0 Å². The molecule has 1 aliphatic carbocycles. The number of halogens is 3. The summed E-state index contributed by atoms with van der Waals surface area (Å²) in [6.45, 7) is 2.07. The Morgan fingerprint density at radius 1 is 1.33 bits per heavy atom. The Hall–Kier alpha value is 0.0900. The Kier molecular flexibility index (Phi) is 3.21. The van der Waals surface area contributed by atoms with E-state index in [-0.39, 0.29) is 10.8 Å². The van der Waals surface area contributed by atoms with Crippen molar-refractivity contribution in [2.75, 3.05) is 0 Å². The summed E-state index contributed by atoms with van der Waals surface area (Å²) >= 11 is 18.2. The molecule has 2 rings (SSSR count). The summed E-state index contributed by atoms with van der Waals surface area (Å²) in [7, 11) is 0. The van der Waals surface area contributed by atoms with Gasteiger partial charge in [-0.25, -0.2) is 0 Å². The van der Waals surface area contributed by atoms with Crippen molar-refractivity contribution >= 4 is 34.8 Å². The summed E-state index contributed by atoms with van der Waals surface area (Å²) in [5.74, 6) is 0. The van der Waals surface area contributed by atoms with E-state index in [4.69, 9.17) is 34.8 Å². The molecule has 1 aromatic rings. The first-order valence-electron chi connectivity index (χ1n) is 5.11. The first-order chi connectivity index (χ1) is 7.03. The summed E-state index contributed by atoms with van der Waals surface area (Å²) in [4.78, 5) is 0. The Labute approximate surface area is 106 Å². The van der Waals surface area contributed by atoms with E-state index in [0.717, 1.165) is 17.0 Å². The average Bonchev–Trinajstić information content (AvgIpc) is 2.91. The Morgan fingerprint density at radius 2 is 2.00 bits per heavy atom. The monoisotopic (exact) mass is 262 g/mol. The molecule has 1 fully saturated rings. The molecule has 15 heavy (non-hydrogen) atoms. The van der Waals surface area contributed by atoms with Gasteiger partial charge in [0.05, 0.1) is 0 Å². The van der Waals surface area contributed by atoms with Gasteiger partial charge >= 0.3 is 0 Å². The SMILES string of the molecule is CC(Cl)C1(Cc2ccc(Cl)cc2Cl)CC1. The summed E-state index contributed by atoms with van der Waals surface area (Å²) in [5, 5.41) is 1.66. The van der Waals surface area contributed by atoms with Gasteiger partial charge in [-0.15, -0.1) is 11.6 Å². The third-order valence-corrected chi connectivity index (χ3v) is 4.34. The molecule has 0 nitrogen and oxygen atoms in total. The van der Waals surface area contributed by atoms with E-state index < -0.39 is 0 Å². The number of hydrogen-bond acceptors (Lipinski definition) is 0. The van der Waals surface area contributed by atoms with Crippen molar-refractivity contribution in [3.05, 3.63) is 33.8 Å². The van der Waals surface area contributed by atoms with Crippen LogP contribution in [0, 0.1) is 5.41 Å². The second kappa shape index (κ2) is 4.16. The lowest BCUT2D eigenvalue weighted by molar-refractivity contribution is 0.496. The zero-order valence-corrected chi connectivity index (χ0v) is 10.8. The van der Waals surface area contributed by atoms with E-state index in [1.165, 1.54) is 12.8 Å². The maximum absolute atomic E-state index is 6.20. The molecule has 0 bridgehead atoms. The molecule has 0 aliphatic heterocycles. The molecule has 1 unspecified atom stereocenters. The zero-order chi connectivity index (χ0) is 11.1. The maximum atomic E-state index is 6.20. The highest BCUT2D eigenvalue weighted by Gasteiger charge is 2.46. The standard InChI is InChI=1S/C12H13Cl3/c1-8(13)12(4-5-12)7-9-2-3-10(14)6-11(9)15/h2-3,6,8H,4-5,7H2,1H3. The number of alkyl halides is 1. The van der Waals surface area contributed by atoms with Crippen molar-refractivity contribution < 1.29 is 0 Å². The van der Waals surface area contributed by atoms with Crippen LogP contribution in [0.25, 0.3) is 0 Å². The van der Waals surface area contributed by atoms with Crippen molar-refractivity contribution in [3.63, 3.8) is 0 Å². The minimum Gasteiger partial charge on any atom is -0.123 e. The van der Waals surface area contributed by atoms with Crippen LogP contribution < -0.4 is 0 Å². The van der Waals surface area contributed by atoms with Crippen LogP contribution >= 0.6 is 34.8 Å². The van der Waals surface area contributed by atoms with Crippen LogP contribution in [0.4, 0.5) is 0 Å². The van der Waals surface area contributed by atoms with E-state index in [2.05, 4.69) is 6.92 Å². The lowest BCUT2D eigenvalue weighted by Gasteiger charge is -2.18. The van der Waals surface area contributed by atoms with Gasteiger partial charge in [-0.05, 0) is 49.3 Å². The van der Waals surface area contributed by atoms with Crippen LogP contribution in [0.15, 0.2) is 18.2 Å². The van der Waals surface area contributed by atoms with Crippen LogP contribution in [0.5, 0.6) is 0 Å². The van der Waals surface area contributed by atoms with E-state index in [1.807, 2.05) is 12.1 Å². The van der Waals surface area contributed by atoms with Crippen molar-refractivity contribution in [3.8, 4) is 0 Å². The lowest BCUT2D eigenvalue weighted by Crippen LogP contribution is -2.15. The molecule has 1 aromatic carbocycles. The van der Waals surface area contributed by atoms with Gasteiger partial charge < -0.3 is 0 Å². The van der Waals surface area contributed by atoms with Crippen LogP contribution in [-0.2, 0) is 6.42 Å². The first kappa shape index (κ1) is 11.6. The van der Waals surface area contributed by atoms with Crippen molar-refractivity contribution in [1.82, 2.24) is 0 Å². The highest BCUT2D eigenvalue weighted by atomic mass is 35.5. The van der Waals surface area contributed by atoms with Crippen molar-refractivity contribution in [2.24, 2.45) is 5.41 Å². The second-order valence-electron chi connectivity index (χ2n) is 4.39. The largest absolute Gasteiger partial charge is 0.123 e. The van der Waals surface area contributed by atoms with E-state index in [1.54, 1.807) is 6.07 Å². The molecule has 0 heterocycles. The molecular formula is C12H13Cl3. The molecule has 1 saturated carbocycles. The molecule has 1 atom stereocenters. The molecule has 0 amide bonds. The highest BCUT2D eigenvalue weighted by molar-refractivity contribution is 6.35. The van der Waals surface area contributed by atoms with Gasteiger partial charge in [-0.1, -0.05) is 29.3 Å². The Morgan fingerprint density at radius 3 is 2.47 bits per heavy atom. The van der Waals surface area contributed by atoms with Crippen LogP contribution in [-0.4, -0.2) is 5.38 Å². The fraction of sp³-hybridized carbons (Fsp3) is 0.500. The molecule has 82 valence electrons. The molecule has 3 heteroatoms. The minimum atomic E-state index is 0.212. The summed E-state index contributed by atoms with van der Waals surface area (Å²) in [6.07, 6.45) is 3.38. The number of benzene rings is 1. The molecule has 1 aliphatic rings. The molecular weight excluding hydrogens is 250 g/mol. The first-order valence-corrected chi connectivity index (χ1v) is 6.31. The van der Waals surface area contributed by atoms with Gasteiger partial charge in [0, 0.05) is 15.4 Å². The molecule has 0 N–H and O–H groups in total. The average molecular weight is 264 g/mol. The van der Waals surface area contributed by atoms with E-state index >= 15 is 0 Å². The van der Waals surface area contributed by atoms with Crippen molar-refractivity contribution in [2.45, 2.75) is 31.6 Å². The quantitative estimate of drug-likeness (QED) is 0.677. The smallest absolute Gasteiger partial charge is 0.0453 e. The fourth-order valence-corrected chi connectivity index (χ4v) is 2.69. The zero-order valence-electron chi connectivity index (χ0n) is 8.56. The van der Waals surface area contributed by atoms with Gasteiger partial charge in [0.1, 0.15) is 0 Å². The van der Waals surface area contributed by atoms with Gasteiger partial charge in [-0.2, -0.15) is 0 Å². The second-order valence-corrected chi connectivity index (χ2v) is 5.89. The predicted molar refractivity (Wildman–Crippen MR) is 67.1 cm³/mol. The number of rotatable bonds is 3. The third-order valence-electron chi connectivity index (χ3n) is 3.29. The topological polar surface area (TPSA) is 0 Å². The van der Waals surface area contributed by atoms with Gasteiger partial charge in [0.2, 0.25) is 0 Å². The van der Waals surface area contributed by atoms with Crippen LogP contribution in [0.2, 0.25) is 10.0 Å². The van der Waals surface area contributed by atoms with Crippen LogP contribution in [0.3, 0.4) is 0 Å². The molecule has 0 saturated heterocycles. The Bertz CT molecular complexity index is 367. The Balaban J connectivity index is 2.18. The van der Waals surface area contributed by atoms with E-state index in [9.17, 15) is 0 Å². The molecule has 0 aromatic heterocycles. The third kappa shape index (κ3) is 2.43. The maximum Gasteiger partial charge on any atom is 0.0453 e. The number of hydrogen-bond donors (Lipinski definition) is 0. The minimum absolute atomic E-state index is 0.212. The van der Waals surface area contributed by atoms with E-state index in [0.29, 0.717) is 5.02 Å². The highest BCUT2D eigenvalue weighted by Crippen LogP contribution is 2.53. The van der Waals surface area contributed by atoms with Gasteiger partial charge in [0.15, 0.2) is 0 Å².